The van der Waals surface area contributed by atoms with Crippen molar-refractivity contribution in [3.63, 3.8) is 0 Å². The second kappa shape index (κ2) is 38.1. The van der Waals surface area contributed by atoms with Gasteiger partial charge in [-0.15, -0.1) is 0 Å². The van der Waals surface area contributed by atoms with Gasteiger partial charge in [0.05, 0.1) is 11.4 Å². The van der Waals surface area contributed by atoms with E-state index in [0.29, 0.717) is 0 Å². The van der Waals surface area contributed by atoms with E-state index in [0.717, 1.165) is 96.2 Å². The summed E-state index contributed by atoms with van der Waals surface area (Å²) in [6, 6.07) is 16.7. The van der Waals surface area contributed by atoms with Gasteiger partial charge in [0.25, 0.3) is 0 Å². The molecule has 0 aromatic carbocycles. The molecule has 352 valence electrons. The largest absolute Gasteiger partial charge is 2.00 e. The molecule has 5 rings (SSSR count). The van der Waals surface area contributed by atoms with Crippen molar-refractivity contribution in [2.75, 3.05) is 0 Å². The quantitative estimate of drug-likeness (QED) is 0.0303. The number of hydrogen-bond acceptors (Lipinski definition) is 6. The van der Waals surface area contributed by atoms with Crippen LogP contribution in [0.3, 0.4) is 0 Å². The van der Waals surface area contributed by atoms with Gasteiger partial charge in [-0.1, -0.05) is 141 Å². The van der Waals surface area contributed by atoms with E-state index in [2.05, 4.69) is 102 Å². The van der Waals surface area contributed by atoms with E-state index in [1.165, 1.54) is 128 Å². The minimum absolute atomic E-state index is 0. The molecule has 9 heteroatoms. The van der Waals surface area contributed by atoms with Gasteiger partial charge >= 0.3 is 19.5 Å². The van der Waals surface area contributed by atoms with E-state index in [-0.39, 0.29) is 32.3 Å². The van der Waals surface area contributed by atoms with Crippen molar-refractivity contribution in [2.24, 2.45) is 0 Å². The Morgan fingerprint density at radius 1 is 0.462 bits per heavy atom. The number of carbonyl (C=O) groups is 2. The Labute approximate surface area is 405 Å². The van der Waals surface area contributed by atoms with Crippen LogP contribution < -0.4 is 10.2 Å². The molecule has 2 aliphatic heterocycles. The molecule has 8 bridgehead atoms. The van der Waals surface area contributed by atoms with E-state index >= 15 is 0 Å². The molecule has 0 fully saturated rings. The smallest absolute Gasteiger partial charge is 0.550 e. The molecule has 2 N–H and O–H groups in total. The monoisotopic (exact) mass is 939 g/mol. The summed E-state index contributed by atoms with van der Waals surface area (Å²) in [5.41, 5.74) is 8.40. The zero-order valence-electron chi connectivity index (χ0n) is 40.5. The fourth-order valence-corrected chi connectivity index (χ4v) is 7.87. The van der Waals surface area contributed by atoms with Crippen LogP contribution in [0.15, 0.2) is 72.8 Å². The average Bonchev–Trinajstić information content (AvgIpc) is 4.11. The fraction of sp³-hybridized carbons (Fsp3) is 0.571. The molecule has 65 heavy (non-hydrogen) atoms. The molecular formula is C56H82N4O4Zn. The number of H-pyrrole nitrogens is 2. The normalized spacial score (nSPS) is 11.8. The van der Waals surface area contributed by atoms with Crippen molar-refractivity contribution >= 4 is 46.2 Å². The van der Waals surface area contributed by atoms with Crippen LogP contribution in [0, 0.1) is 0 Å². The first-order valence-electron chi connectivity index (χ1n) is 25.4. The molecule has 0 aliphatic carbocycles. The molecule has 0 radical (unpaired) electrons. The summed E-state index contributed by atoms with van der Waals surface area (Å²) in [5.74, 6) is -1.83. The minimum atomic E-state index is -0.914. The predicted octanol–water partition coefficient (Wildman–Crippen LogP) is 13.8. The molecule has 2 aliphatic rings. The third-order valence-electron chi connectivity index (χ3n) is 11.6. The third kappa shape index (κ3) is 29.9. The number of carboxylic acid groups (broad SMARTS) is 2. The SMILES string of the molecule is C1=Cc2cc3ccc(cc4nc(cc5ccc(cc1n2)[nH]5)CC4)[nH]3.CCCCCCCC/C=C\CCCCCCCC(=O)[O-].CCCCCCCC/C=C\CCCCCCCC(=O)[O-].[Zn+2]. The van der Waals surface area contributed by atoms with Gasteiger partial charge in [0.2, 0.25) is 0 Å². The number of fused-ring (bicyclic) bond motifs is 8. The first-order valence-corrected chi connectivity index (χ1v) is 25.4. The number of nitrogens with one attached hydrogen (secondary N) is 2. The van der Waals surface area contributed by atoms with Gasteiger partial charge in [0.1, 0.15) is 0 Å². The van der Waals surface area contributed by atoms with E-state index < -0.39 is 11.9 Å². The van der Waals surface area contributed by atoms with Crippen LogP contribution in [0.25, 0.3) is 34.2 Å². The number of aliphatic carboxylic acids is 2. The van der Waals surface area contributed by atoms with Crippen LogP contribution in [0.4, 0.5) is 0 Å². The minimum Gasteiger partial charge on any atom is -0.550 e. The number of carboxylic acids is 2. The van der Waals surface area contributed by atoms with Gasteiger partial charge in [0, 0.05) is 45.4 Å². The number of hydrogen-bond donors (Lipinski definition) is 2. The van der Waals surface area contributed by atoms with Gasteiger partial charge < -0.3 is 29.8 Å². The number of aryl methyl sites for hydroxylation is 2. The molecule has 3 aromatic rings. The van der Waals surface area contributed by atoms with Crippen molar-refractivity contribution in [3.05, 3.63) is 95.6 Å². The molecular weight excluding hydrogens is 858 g/mol. The molecule has 0 atom stereocenters. The number of unbranched alkanes of at least 4 members (excludes halogenated alkanes) is 22. The van der Waals surface area contributed by atoms with E-state index in [4.69, 9.17) is 4.98 Å². The summed E-state index contributed by atoms with van der Waals surface area (Å²) in [7, 11) is 0. The Bertz CT molecular complexity index is 1830. The van der Waals surface area contributed by atoms with Gasteiger partial charge in [-0.3, -0.25) is 4.98 Å². The maximum absolute atomic E-state index is 10.2. The molecule has 0 saturated carbocycles. The van der Waals surface area contributed by atoms with Gasteiger partial charge in [-0.25, -0.2) is 4.98 Å². The third-order valence-corrected chi connectivity index (χ3v) is 11.6. The van der Waals surface area contributed by atoms with E-state index in [1.807, 2.05) is 12.2 Å². The maximum Gasteiger partial charge on any atom is 2.00 e. The molecule has 0 saturated heterocycles. The Morgan fingerprint density at radius 2 is 0.769 bits per heavy atom. The first kappa shape index (κ1) is 57.0. The second-order valence-electron chi connectivity index (χ2n) is 17.6. The summed E-state index contributed by atoms with van der Waals surface area (Å²) >= 11 is 0. The zero-order chi connectivity index (χ0) is 45.7. The van der Waals surface area contributed by atoms with Crippen molar-refractivity contribution in [1.82, 2.24) is 19.9 Å². The number of allylic oxidation sites excluding steroid dienone is 4. The van der Waals surface area contributed by atoms with Crippen LogP contribution in [-0.2, 0) is 41.9 Å². The molecule has 0 amide bonds. The number of aromatic nitrogens is 4. The number of nitrogens with zero attached hydrogens (tertiary/aromatic N) is 2. The average molecular weight is 941 g/mol. The van der Waals surface area contributed by atoms with Crippen molar-refractivity contribution in [3.8, 4) is 0 Å². The van der Waals surface area contributed by atoms with E-state index in [9.17, 15) is 19.8 Å². The Kier molecular flexibility index (Phi) is 33.4. The van der Waals surface area contributed by atoms with Crippen LogP contribution >= 0.6 is 0 Å². The molecule has 0 spiro atoms. The summed E-state index contributed by atoms with van der Waals surface area (Å²) in [5, 5.41) is 20.4. The van der Waals surface area contributed by atoms with Crippen molar-refractivity contribution in [1.29, 1.82) is 0 Å². The van der Waals surface area contributed by atoms with Gasteiger partial charge in [0.15, 0.2) is 0 Å². The molecule has 5 heterocycles. The summed E-state index contributed by atoms with van der Waals surface area (Å²) in [4.78, 5) is 36.6. The van der Waals surface area contributed by atoms with Crippen LogP contribution in [-0.4, -0.2) is 31.9 Å². The van der Waals surface area contributed by atoms with Crippen LogP contribution in [0.2, 0.25) is 0 Å². The molecule has 3 aromatic heterocycles. The summed E-state index contributed by atoms with van der Waals surface area (Å²) < 4.78 is 0. The van der Waals surface area contributed by atoms with Crippen LogP contribution in [0.1, 0.15) is 216 Å². The number of rotatable bonds is 30. The topological polar surface area (TPSA) is 138 Å². The summed E-state index contributed by atoms with van der Waals surface area (Å²) in [6.07, 6.45) is 47.8. The Balaban J connectivity index is 0.000000336. The van der Waals surface area contributed by atoms with Gasteiger partial charge in [-0.05, 0) is 151 Å². The fourth-order valence-electron chi connectivity index (χ4n) is 7.87. The van der Waals surface area contributed by atoms with Crippen LogP contribution in [0.5, 0.6) is 0 Å². The predicted molar refractivity (Wildman–Crippen MR) is 266 cm³/mol. The first-order chi connectivity index (χ1) is 31.3. The number of aromatic amines is 2. The van der Waals surface area contributed by atoms with Gasteiger partial charge in [-0.2, -0.15) is 0 Å². The zero-order valence-corrected chi connectivity index (χ0v) is 43.5. The molecule has 0 unspecified atom stereocenters. The standard InChI is InChI=1S/C20H16N4.2C18H34O2.Zn/c1-2-14-10-16-5-6-18(23-16)12-20-8-7-19(24-20)11-17-4-3-15(22-17)9-13(1)21-14;2*1-2-3-4-5-6-7-8-9-10-11-12-13-14-15-16-17-18(19)20;/h1-6,9-12,22-23H,7-8H2;2*9-10H,2-8,11-17H2,1H3,(H,19,20);/q;;;+2/p-2/b;2*10-9-;. The Morgan fingerprint density at radius 3 is 1.11 bits per heavy atom. The number of carbonyl (C=O) groups excluding carboxylic acids is 2. The summed E-state index contributed by atoms with van der Waals surface area (Å²) in [6.45, 7) is 4.51. The second-order valence-corrected chi connectivity index (χ2v) is 17.6. The maximum atomic E-state index is 10.2. The van der Waals surface area contributed by atoms with Crippen molar-refractivity contribution in [2.45, 2.75) is 206 Å². The van der Waals surface area contributed by atoms with Crippen molar-refractivity contribution < 1.29 is 39.3 Å². The van der Waals surface area contributed by atoms with E-state index in [1.54, 1.807) is 0 Å². The molecule has 8 nitrogen and oxygen atoms in total. The Hall–Kier alpha value is -4.10.